The van der Waals surface area contributed by atoms with Crippen LogP contribution in [0.2, 0.25) is 0 Å². The quantitative estimate of drug-likeness (QED) is 0.173. The van der Waals surface area contributed by atoms with E-state index in [1.54, 1.807) is 23.9 Å². The summed E-state index contributed by atoms with van der Waals surface area (Å²) in [4.78, 5) is 19.0. The smallest absolute Gasteiger partial charge is 0.270 e. The summed E-state index contributed by atoms with van der Waals surface area (Å²) in [7, 11) is 2.06. The summed E-state index contributed by atoms with van der Waals surface area (Å²) in [5, 5.41) is 11.4. The summed E-state index contributed by atoms with van der Waals surface area (Å²) in [5.74, 6) is 0.794. The van der Waals surface area contributed by atoms with Crippen molar-refractivity contribution in [3.05, 3.63) is 104 Å². The number of fused-ring (bicyclic) bond motifs is 1. The van der Waals surface area contributed by atoms with Crippen molar-refractivity contribution >= 4 is 75.7 Å². The minimum Gasteiger partial charge on any atom is -0.372 e. The molecule has 178 valence electrons. The average molecular weight is 581 g/mol. The van der Waals surface area contributed by atoms with Gasteiger partial charge in [-0.2, -0.15) is 0 Å². The monoisotopic (exact) mass is 579 g/mol. The first-order valence-corrected chi connectivity index (χ1v) is 12.0. The number of likely N-dealkylation sites (N-methyl/N-ethyl adjacent to an activating group) is 1. The third-order valence-electron chi connectivity index (χ3n) is 5.23. The summed E-state index contributed by atoms with van der Waals surface area (Å²) in [5.41, 5.74) is 5.15. The number of allylic oxidation sites excluding steroid dienone is 1. The van der Waals surface area contributed by atoms with E-state index in [-0.39, 0.29) is 35.4 Å². The van der Waals surface area contributed by atoms with Crippen LogP contribution < -0.4 is 4.90 Å². The number of non-ortho nitro benzene ring substituents is 1. The Kier molecular flexibility index (Phi) is 10.6. The van der Waals surface area contributed by atoms with Crippen LogP contribution >= 0.6 is 52.5 Å². The van der Waals surface area contributed by atoms with Crippen molar-refractivity contribution < 1.29 is 4.92 Å². The molecule has 0 aromatic heterocycles. The van der Waals surface area contributed by atoms with E-state index in [1.165, 1.54) is 5.56 Å². The molecule has 1 aliphatic rings. The van der Waals surface area contributed by atoms with E-state index in [9.17, 15) is 10.1 Å². The van der Waals surface area contributed by atoms with E-state index in [0.29, 0.717) is 6.54 Å². The van der Waals surface area contributed by atoms with Gasteiger partial charge in [0.05, 0.1) is 17.2 Å². The van der Waals surface area contributed by atoms with Crippen molar-refractivity contribution in [2.75, 3.05) is 25.0 Å². The van der Waals surface area contributed by atoms with Crippen molar-refractivity contribution in [2.24, 2.45) is 4.99 Å². The third kappa shape index (κ3) is 6.85. The minimum absolute atomic E-state index is 0. The van der Waals surface area contributed by atoms with Crippen molar-refractivity contribution in [1.82, 2.24) is 0 Å². The van der Waals surface area contributed by atoms with Crippen molar-refractivity contribution in [3.63, 3.8) is 0 Å². The molecule has 1 aliphatic heterocycles. The minimum atomic E-state index is -0.353. The zero-order chi connectivity index (χ0) is 22.5. The molecule has 3 aromatic carbocycles. The van der Waals surface area contributed by atoms with E-state index < -0.39 is 0 Å². The second-order valence-electron chi connectivity index (χ2n) is 7.44. The molecule has 0 saturated heterocycles. The van der Waals surface area contributed by atoms with Gasteiger partial charge in [0.25, 0.3) is 5.69 Å². The Morgan fingerprint density at radius 1 is 1.09 bits per heavy atom. The van der Waals surface area contributed by atoms with E-state index >= 15 is 0 Å². The molecule has 0 saturated carbocycles. The van der Waals surface area contributed by atoms with Crippen LogP contribution in [0.5, 0.6) is 0 Å². The second-order valence-corrected chi connectivity index (χ2v) is 9.37. The zero-order valence-electron chi connectivity index (χ0n) is 18.4. The van der Waals surface area contributed by atoms with Crippen LogP contribution in [-0.4, -0.2) is 30.8 Å². The predicted octanol–water partition coefficient (Wildman–Crippen LogP) is 7.45. The molecule has 1 heterocycles. The van der Waals surface area contributed by atoms with Gasteiger partial charge in [-0.05, 0) is 41.5 Å². The van der Waals surface area contributed by atoms with Gasteiger partial charge in [-0.3, -0.25) is 15.1 Å². The van der Waals surface area contributed by atoms with Crippen LogP contribution in [0.15, 0.2) is 87.2 Å². The number of anilines is 1. The van der Waals surface area contributed by atoms with Gasteiger partial charge in [0.15, 0.2) is 0 Å². The number of benzodiazepines with no additional fused rings is 1. The van der Waals surface area contributed by atoms with Gasteiger partial charge in [-0.15, -0.1) is 36.6 Å². The normalized spacial score (nSPS) is 12.8. The third-order valence-corrected chi connectivity index (χ3v) is 6.88. The van der Waals surface area contributed by atoms with E-state index in [0.717, 1.165) is 44.2 Å². The van der Waals surface area contributed by atoms with Gasteiger partial charge in [0.2, 0.25) is 0 Å². The molecule has 0 radical (unpaired) electrons. The molecule has 0 amide bonds. The number of nitro benzene ring substituents is 1. The lowest BCUT2D eigenvalue weighted by atomic mass is 10.1. The maximum atomic E-state index is 11.4. The Balaban J connectivity index is 0.00000204. The molecule has 0 fully saturated rings. The first-order chi connectivity index (χ1) is 15.5. The van der Waals surface area contributed by atoms with Crippen LogP contribution in [0.3, 0.4) is 0 Å². The van der Waals surface area contributed by atoms with Crippen LogP contribution in [-0.2, 0) is 5.75 Å². The molecule has 0 atom stereocenters. The molecule has 3 aromatic rings. The lowest BCUT2D eigenvalue weighted by molar-refractivity contribution is -0.384. The molecule has 0 aliphatic carbocycles. The Morgan fingerprint density at radius 3 is 2.59 bits per heavy atom. The molecular weight excluding hydrogens is 557 g/mol. The fraction of sp³-hybridized carbons (Fsp3) is 0.160. The number of thioether (sulfide) groups is 1. The molecule has 0 bridgehead atoms. The van der Waals surface area contributed by atoms with Crippen LogP contribution in [0.4, 0.5) is 11.4 Å². The maximum absolute atomic E-state index is 11.4. The number of benzene rings is 3. The van der Waals surface area contributed by atoms with Gasteiger partial charge < -0.3 is 4.90 Å². The fourth-order valence-electron chi connectivity index (χ4n) is 3.52. The first-order valence-electron chi connectivity index (χ1n) is 10.2. The number of nitro groups is 1. The van der Waals surface area contributed by atoms with Crippen LogP contribution in [0.1, 0.15) is 16.7 Å². The maximum Gasteiger partial charge on any atom is 0.270 e. The SMILES string of the molecule is CN1CCN=C(C=Cc2cc([N+](=O)[O-])ccc2SCc2ccccc2)c2ccc(Br)cc21.Cl.Cl. The highest BCUT2D eigenvalue weighted by Gasteiger charge is 2.16. The predicted molar refractivity (Wildman–Crippen MR) is 151 cm³/mol. The molecule has 34 heavy (non-hydrogen) atoms. The summed E-state index contributed by atoms with van der Waals surface area (Å²) in [6.45, 7) is 1.52. The Hall–Kier alpha value is -2.32. The highest BCUT2D eigenvalue weighted by molar-refractivity contribution is 9.10. The second kappa shape index (κ2) is 13.0. The van der Waals surface area contributed by atoms with Gasteiger partial charge in [0.1, 0.15) is 0 Å². The molecule has 0 spiro atoms. The lowest BCUT2D eigenvalue weighted by Crippen LogP contribution is -2.20. The Morgan fingerprint density at radius 2 is 1.85 bits per heavy atom. The van der Waals surface area contributed by atoms with Crippen molar-refractivity contribution in [2.45, 2.75) is 10.6 Å². The standard InChI is InChI=1S/C25H22BrN3O2S.2ClH/c1-28-14-13-27-23(22-10-8-20(26)16-24(22)28)11-7-19-15-21(29(30)31)9-12-25(19)32-17-18-5-3-2-4-6-18;;/h2-12,15-16H,13-14,17H2,1H3;2*1H. The van der Waals surface area contributed by atoms with E-state index in [2.05, 4.69) is 52.1 Å². The number of nitrogens with zero attached hydrogens (tertiary/aromatic N) is 3. The van der Waals surface area contributed by atoms with Crippen molar-refractivity contribution in [1.29, 1.82) is 0 Å². The average Bonchev–Trinajstić information content (AvgIpc) is 2.95. The highest BCUT2D eigenvalue weighted by Crippen LogP contribution is 2.31. The molecule has 0 unspecified atom stereocenters. The summed E-state index contributed by atoms with van der Waals surface area (Å²) < 4.78 is 1.02. The van der Waals surface area contributed by atoms with Gasteiger partial charge in [0, 0.05) is 52.1 Å². The zero-order valence-corrected chi connectivity index (χ0v) is 22.4. The number of aliphatic imine (C=N–C) groups is 1. The molecule has 0 N–H and O–H groups in total. The largest absolute Gasteiger partial charge is 0.372 e. The van der Waals surface area contributed by atoms with Crippen molar-refractivity contribution in [3.8, 4) is 0 Å². The van der Waals surface area contributed by atoms with E-state index in [4.69, 9.17) is 4.99 Å². The van der Waals surface area contributed by atoms with Crippen LogP contribution in [0, 0.1) is 10.1 Å². The molecule has 9 heteroatoms. The number of hydrogen-bond donors (Lipinski definition) is 0. The number of hydrogen-bond acceptors (Lipinski definition) is 5. The Labute approximate surface area is 224 Å². The highest BCUT2D eigenvalue weighted by atomic mass is 79.9. The van der Waals surface area contributed by atoms with Gasteiger partial charge in [-0.25, -0.2) is 0 Å². The lowest BCUT2D eigenvalue weighted by Gasteiger charge is -2.19. The topological polar surface area (TPSA) is 58.7 Å². The van der Waals surface area contributed by atoms with Crippen LogP contribution in [0.25, 0.3) is 6.08 Å². The van der Waals surface area contributed by atoms with Gasteiger partial charge >= 0.3 is 0 Å². The fourth-order valence-corrected chi connectivity index (χ4v) is 4.84. The van der Waals surface area contributed by atoms with E-state index in [1.807, 2.05) is 42.5 Å². The Bertz CT molecular complexity index is 1210. The number of rotatable bonds is 6. The van der Waals surface area contributed by atoms with Gasteiger partial charge in [-0.1, -0.05) is 52.3 Å². The summed E-state index contributed by atoms with van der Waals surface area (Å²) in [6, 6.07) is 21.4. The molecule has 5 nitrogen and oxygen atoms in total. The first kappa shape index (κ1) is 27.9. The summed E-state index contributed by atoms with van der Waals surface area (Å²) >= 11 is 5.23. The summed E-state index contributed by atoms with van der Waals surface area (Å²) in [6.07, 6.45) is 3.91. The molecular formula is C25H24BrCl2N3O2S. The number of halogens is 3. The molecule has 4 rings (SSSR count).